The molecule has 0 aliphatic heterocycles. The molecule has 0 aromatic heterocycles. The number of fused-ring (bicyclic) bond motifs is 4. The summed E-state index contributed by atoms with van der Waals surface area (Å²) in [7, 11) is 0. The third-order valence-electron chi connectivity index (χ3n) is 5.19. The van der Waals surface area contributed by atoms with Crippen LogP contribution in [-0.4, -0.2) is 0 Å². The zero-order valence-electron chi connectivity index (χ0n) is 14.4. The molecule has 124 valence electrons. The van der Waals surface area contributed by atoms with E-state index in [1.807, 2.05) is 12.1 Å². The smallest absolute Gasteiger partial charge is 0.127 e. The van der Waals surface area contributed by atoms with E-state index in [1.165, 1.54) is 50.4 Å². The van der Waals surface area contributed by atoms with E-state index < -0.39 is 0 Å². The molecule has 0 amide bonds. The van der Waals surface area contributed by atoms with Gasteiger partial charge in [0.25, 0.3) is 0 Å². The van der Waals surface area contributed by atoms with Gasteiger partial charge in [-0.3, -0.25) is 0 Å². The standard InChI is InChI=1S/C25H18O/c1-2-26-21-13-12-17-14-20(11-10-18(17)15-21)23-8-5-9-24-22-7-4-3-6-19(22)16-25(23)24/h2-15H,1,16H2. The van der Waals surface area contributed by atoms with Gasteiger partial charge in [-0.15, -0.1) is 0 Å². The first-order valence-electron chi connectivity index (χ1n) is 8.85. The molecule has 0 unspecified atom stereocenters. The summed E-state index contributed by atoms with van der Waals surface area (Å²) in [6, 6.07) is 28.1. The SMILES string of the molecule is C=COc1ccc2cc(-c3cccc4c3Cc3ccccc3-4)ccc2c1. The molecule has 0 N–H and O–H groups in total. The van der Waals surface area contributed by atoms with Crippen molar-refractivity contribution in [1.29, 1.82) is 0 Å². The Labute approximate surface area is 153 Å². The van der Waals surface area contributed by atoms with Crippen LogP contribution in [-0.2, 0) is 6.42 Å². The van der Waals surface area contributed by atoms with Crippen molar-refractivity contribution in [3.05, 3.63) is 103 Å². The highest BCUT2D eigenvalue weighted by Crippen LogP contribution is 2.41. The summed E-state index contributed by atoms with van der Waals surface area (Å²) in [6.07, 6.45) is 2.46. The van der Waals surface area contributed by atoms with E-state index in [0.717, 1.165) is 12.2 Å². The van der Waals surface area contributed by atoms with Gasteiger partial charge in [-0.2, -0.15) is 0 Å². The molecular formula is C25H18O. The van der Waals surface area contributed by atoms with Crippen molar-refractivity contribution in [3.8, 4) is 28.0 Å². The quantitative estimate of drug-likeness (QED) is 0.338. The first kappa shape index (κ1) is 15.0. The molecule has 0 saturated heterocycles. The van der Waals surface area contributed by atoms with Crippen LogP contribution in [0.2, 0.25) is 0 Å². The van der Waals surface area contributed by atoms with Crippen molar-refractivity contribution >= 4 is 10.8 Å². The van der Waals surface area contributed by atoms with Gasteiger partial charge in [-0.1, -0.05) is 67.2 Å². The molecule has 0 bridgehead atoms. The minimum atomic E-state index is 0.816. The Morgan fingerprint density at radius 1 is 0.731 bits per heavy atom. The summed E-state index contributed by atoms with van der Waals surface area (Å²) in [6.45, 7) is 3.62. The lowest BCUT2D eigenvalue weighted by Gasteiger charge is -2.10. The second kappa shape index (κ2) is 5.89. The number of hydrogen-bond acceptors (Lipinski definition) is 1. The Hall–Kier alpha value is -3.32. The molecule has 4 aromatic rings. The highest BCUT2D eigenvalue weighted by molar-refractivity contribution is 5.91. The Bertz CT molecular complexity index is 1150. The zero-order chi connectivity index (χ0) is 17.5. The highest BCUT2D eigenvalue weighted by Gasteiger charge is 2.20. The molecule has 26 heavy (non-hydrogen) atoms. The number of benzene rings is 4. The number of rotatable bonds is 3. The maximum absolute atomic E-state index is 5.39. The van der Waals surface area contributed by atoms with Crippen LogP contribution in [0.15, 0.2) is 91.7 Å². The van der Waals surface area contributed by atoms with Gasteiger partial charge in [0.15, 0.2) is 0 Å². The monoisotopic (exact) mass is 334 g/mol. The minimum Gasteiger partial charge on any atom is -0.466 e. The predicted octanol–water partition coefficient (Wildman–Crippen LogP) is 6.60. The lowest BCUT2D eigenvalue weighted by molar-refractivity contribution is 0.484. The van der Waals surface area contributed by atoms with Crippen LogP contribution in [0, 0.1) is 0 Å². The van der Waals surface area contributed by atoms with Crippen molar-refractivity contribution in [2.45, 2.75) is 6.42 Å². The Kier molecular flexibility index (Phi) is 3.39. The molecule has 1 aliphatic carbocycles. The molecule has 1 aliphatic rings. The summed E-state index contributed by atoms with van der Waals surface area (Å²) in [4.78, 5) is 0. The van der Waals surface area contributed by atoms with Crippen molar-refractivity contribution in [3.63, 3.8) is 0 Å². The van der Waals surface area contributed by atoms with Gasteiger partial charge in [-0.05, 0) is 68.8 Å². The predicted molar refractivity (Wildman–Crippen MR) is 108 cm³/mol. The minimum absolute atomic E-state index is 0.816. The summed E-state index contributed by atoms with van der Waals surface area (Å²) in [5.41, 5.74) is 8.18. The average Bonchev–Trinajstić information content (AvgIpc) is 3.07. The second-order valence-electron chi connectivity index (χ2n) is 6.67. The lowest BCUT2D eigenvalue weighted by atomic mass is 9.94. The molecule has 0 radical (unpaired) electrons. The summed E-state index contributed by atoms with van der Waals surface area (Å²) >= 11 is 0. The largest absolute Gasteiger partial charge is 0.466 e. The Morgan fingerprint density at radius 2 is 1.50 bits per heavy atom. The van der Waals surface area contributed by atoms with Gasteiger partial charge in [0.1, 0.15) is 5.75 Å². The lowest BCUT2D eigenvalue weighted by Crippen LogP contribution is -1.88. The molecule has 4 aromatic carbocycles. The van der Waals surface area contributed by atoms with Crippen molar-refractivity contribution in [1.82, 2.24) is 0 Å². The Balaban J connectivity index is 1.63. The highest BCUT2D eigenvalue weighted by atomic mass is 16.5. The van der Waals surface area contributed by atoms with Gasteiger partial charge in [0, 0.05) is 0 Å². The van der Waals surface area contributed by atoms with Gasteiger partial charge in [0.05, 0.1) is 6.26 Å². The normalized spacial score (nSPS) is 11.8. The van der Waals surface area contributed by atoms with Crippen LogP contribution < -0.4 is 4.74 Å². The van der Waals surface area contributed by atoms with E-state index in [-0.39, 0.29) is 0 Å². The maximum atomic E-state index is 5.39. The molecule has 1 heteroatoms. The van der Waals surface area contributed by atoms with Crippen LogP contribution in [0.3, 0.4) is 0 Å². The third kappa shape index (κ3) is 2.33. The fourth-order valence-electron chi connectivity index (χ4n) is 3.99. The topological polar surface area (TPSA) is 9.23 Å². The zero-order valence-corrected chi connectivity index (χ0v) is 14.4. The molecule has 0 atom stereocenters. The number of ether oxygens (including phenoxy) is 1. The average molecular weight is 334 g/mol. The van der Waals surface area contributed by atoms with Crippen molar-refractivity contribution in [2.75, 3.05) is 0 Å². The Morgan fingerprint density at radius 3 is 2.42 bits per heavy atom. The molecule has 0 heterocycles. The van der Waals surface area contributed by atoms with E-state index in [9.17, 15) is 0 Å². The first-order valence-corrected chi connectivity index (χ1v) is 8.85. The van der Waals surface area contributed by atoms with Gasteiger partial charge >= 0.3 is 0 Å². The van der Waals surface area contributed by atoms with E-state index >= 15 is 0 Å². The molecule has 1 nitrogen and oxygen atoms in total. The fourth-order valence-corrected chi connectivity index (χ4v) is 3.99. The molecular weight excluding hydrogens is 316 g/mol. The second-order valence-corrected chi connectivity index (χ2v) is 6.67. The molecule has 0 saturated carbocycles. The van der Waals surface area contributed by atoms with Crippen LogP contribution in [0.1, 0.15) is 11.1 Å². The fraction of sp³-hybridized carbons (Fsp3) is 0.0400. The van der Waals surface area contributed by atoms with Gasteiger partial charge in [0.2, 0.25) is 0 Å². The summed E-state index contributed by atoms with van der Waals surface area (Å²) in [5.74, 6) is 0.816. The maximum Gasteiger partial charge on any atom is 0.127 e. The van der Waals surface area contributed by atoms with E-state index in [1.54, 1.807) is 0 Å². The van der Waals surface area contributed by atoms with Crippen LogP contribution >= 0.6 is 0 Å². The van der Waals surface area contributed by atoms with Crippen molar-refractivity contribution < 1.29 is 4.74 Å². The van der Waals surface area contributed by atoms with Crippen molar-refractivity contribution in [2.24, 2.45) is 0 Å². The third-order valence-corrected chi connectivity index (χ3v) is 5.19. The van der Waals surface area contributed by atoms with E-state index in [4.69, 9.17) is 4.74 Å². The van der Waals surface area contributed by atoms with Crippen LogP contribution in [0.5, 0.6) is 5.75 Å². The van der Waals surface area contributed by atoms with E-state index in [0.29, 0.717) is 0 Å². The van der Waals surface area contributed by atoms with Gasteiger partial charge in [-0.25, -0.2) is 0 Å². The number of hydrogen-bond donors (Lipinski definition) is 0. The summed E-state index contributed by atoms with van der Waals surface area (Å²) < 4.78 is 5.39. The molecule has 5 rings (SSSR count). The molecule has 0 spiro atoms. The molecule has 0 fully saturated rings. The summed E-state index contributed by atoms with van der Waals surface area (Å²) in [5, 5.41) is 2.39. The van der Waals surface area contributed by atoms with Crippen LogP contribution in [0.25, 0.3) is 33.0 Å². The van der Waals surface area contributed by atoms with Gasteiger partial charge < -0.3 is 4.74 Å². The van der Waals surface area contributed by atoms with Crippen LogP contribution in [0.4, 0.5) is 0 Å². The van der Waals surface area contributed by atoms with E-state index in [2.05, 4.69) is 73.3 Å². The first-order chi connectivity index (χ1) is 12.8.